The van der Waals surface area contributed by atoms with Gasteiger partial charge >= 0.3 is 0 Å². The minimum atomic E-state index is 0.182. The summed E-state index contributed by atoms with van der Waals surface area (Å²) in [6.45, 7) is 10.8. The molecule has 130 valence electrons. The zero-order valence-electron chi connectivity index (χ0n) is 14.5. The van der Waals surface area contributed by atoms with Gasteiger partial charge in [-0.3, -0.25) is 14.6 Å². The first-order chi connectivity index (χ1) is 11.1. The Kier molecular flexibility index (Phi) is 4.12. The van der Waals surface area contributed by atoms with Crippen LogP contribution in [0.15, 0.2) is 0 Å². The average molecular weight is 322 g/mol. The number of carbonyl (C=O) groups excluding carboxylic acids is 1. The molecule has 0 aromatic carbocycles. The predicted molar refractivity (Wildman–Crippen MR) is 88.4 cm³/mol. The quantitative estimate of drug-likeness (QED) is 0.663. The van der Waals surface area contributed by atoms with E-state index >= 15 is 0 Å². The molecule has 1 atom stereocenters. The molecule has 4 rings (SSSR count). The van der Waals surface area contributed by atoms with Crippen molar-refractivity contribution in [3.8, 4) is 0 Å². The van der Waals surface area contributed by atoms with Crippen molar-refractivity contribution in [1.82, 2.24) is 19.6 Å². The Bertz CT molecular complexity index is 458. The van der Waals surface area contributed by atoms with Crippen molar-refractivity contribution in [3.05, 3.63) is 0 Å². The Morgan fingerprint density at radius 2 is 1.83 bits per heavy atom. The molecule has 4 fully saturated rings. The zero-order valence-corrected chi connectivity index (χ0v) is 14.5. The number of carbonyl (C=O) groups is 1. The number of morpholine rings is 1. The monoisotopic (exact) mass is 322 g/mol. The molecule has 4 aliphatic rings. The average Bonchev–Trinajstić information content (AvgIpc) is 2.52. The molecule has 1 spiro atoms. The highest BCUT2D eigenvalue weighted by atomic mass is 16.5. The van der Waals surface area contributed by atoms with Gasteiger partial charge in [-0.05, 0) is 33.0 Å². The smallest absolute Gasteiger partial charge is 0.219 e. The summed E-state index contributed by atoms with van der Waals surface area (Å²) in [5, 5.41) is 0. The van der Waals surface area contributed by atoms with Gasteiger partial charge in [-0.2, -0.15) is 0 Å². The van der Waals surface area contributed by atoms with Crippen LogP contribution in [0.3, 0.4) is 0 Å². The van der Waals surface area contributed by atoms with Crippen molar-refractivity contribution in [2.75, 3.05) is 66.1 Å². The fourth-order valence-electron chi connectivity index (χ4n) is 5.05. The number of rotatable bonds is 1. The van der Waals surface area contributed by atoms with E-state index in [0.29, 0.717) is 6.04 Å². The van der Waals surface area contributed by atoms with Gasteiger partial charge in [-0.15, -0.1) is 0 Å². The van der Waals surface area contributed by atoms with E-state index in [0.717, 1.165) is 52.0 Å². The first kappa shape index (κ1) is 15.8. The molecular weight excluding hydrogens is 292 g/mol. The van der Waals surface area contributed by atoms with Gasteiger partial charge < -0.3 is 14.5 Å². The summed E-state index contributed by atoms with van der Waals surface area (Å²) >= 11 is 0. The van der Waals surface area contributed by atoms with Crippen LogP contribution in [0.25, 0.3) is 0 Å². The third kappa shape index (κ3) is 2.80. The summed E-state index contributed by atoms with van der Waals surface area (Å²) in [6.07, 6.45) is 2.57. The fourth-order valence-corrected chi connectivity index (χ4v) is 5.05. The van der Waals surface area contributed by atoms with E-state index in [-0.39, 0.29) is 11.4 Å². The summed E-state index contributed by atoms with van der Waals surface area (Å²) in [5.74, 6) is 0.215. The van der Waals surface area contributed by atoms with E-state index in [1.807, 2.05) is 0 Å². The highest BCUT2D eigenvalue weighted by Gasteiger charge is 2.55. The second kappa shape index (κ2) is 5.99. The summed E-state index contributed by atoms with van der Waals surface area (Å²) in [4.78, 5) is 21.8. The predicted octanol–water partition coefficient (Wildman–Crippen LogP) is -0.302. The Hall–Kier alpha value is -0.690. The molecule has 0 saturated carbocycles. The van der Waals surface area contributed by atoms with E-state index in [1.54, 1.807) is 6.92 Å². The highest BCUT2D eigenvalue weighted by molar-refractivity contribution is 5.73. The maximum atomic E-state index is 12.0. The van der Waals surface area contributed by atoms with Crippen molar-refractivity contribution in [3.63, 3.8) is 0 Å². The number of likely N-dealkylation sites (tertiary alicyclic amines) is 2. The number of piperazine rings is 1. The number of amides is 1. The lowest BCUT2D eigenvalue weighted by Crippen LogP contribution is -2.81. The van der Waals surface area contributed by atoms with Gasteiger partial charge in [-0.1, -0.05) is 0 Å². The number of fused-ring (bicyclic) bond motifs is 2. The van der Waals surface area contributed by atoms with E-state index in [4.69, 9.17) is 4.74 Å². The SMILES string of the molecule is CC(=O)N1C[C@@H]2COCCN2C2(C1)CN(C1CCN(C)CC1)C2. The van der Waals surface area contributed by atoms with Gasteiger partial charge in [-0.25, -0.2) is 0 Å². The molecule has 1 amide bonds. The van der Waals surface area contributed by atoms with Gasteiger partial charge in [0.15, 0.2) is 0 Å². The van der Waals surface area contributed by atoms with Crippen LogP contribution >= 0.6 is 0 Å². The Labute approximate surface area is 139 Å². The minimum Gasteiger partial charge on any atom is -0.378 e. The number of ether oxygens (including phenoxy) is 1. The van der Waals surface area contributed by atoms with E-state index in [2.05, 4.69) is 26.6 Å². The van der Waals surface area contributed by atoms with Crippen LogP contribution in [-0.2, 0) is 9.53 Å². The van der Waals surface area contributed by atoms with Crippen molar-refractivity contribution >= 4 is 5.91 Å². The van der Waals surface area contributed by atoms with Gasteiger partial charge in [0.1, 0.15) is 0 Å². The van der Waals surface area contributed by atoms with Crippen LogP contribution in [-0.4, -0.2) is 109 Å². The van der Waals surface area contributed by atoms with E-state index in [9.17, 15) is 4.79 Å². The van der Waals surface area contributed by atoms with Gasteiger partial charge in [0.2, 0.25) is 5.91 Å². The summed E-state index contributed by atoms with van der Waals surface area (Å²) < 4.78 is 5.69. The molecule has 6 heteroatoms. The van der Waals surface area contributed by atoms with Crippen LogP contribution in [0.2, 0.25) is 0 Å². The maximum absolute atomic E-state index is 12.0. The second-order valence-electron chi connectivity index (χ2n) is 7.99. The molecule has 0 aromatic rings. The van der Waals surface area contributed by atoms with E-state index in [1.165, 1.54) is 25.9 Å². The maximum Gasteiger partial charge on any atom is 0.219 e. The molecule has 0 unspecified atom stereocenters. The molecule has 0 radical (unpaired) electrons. The van der Waals surface area contributed by atoms with Crippen LogP contribution in [0.5, 0.6) is 0 Å². The molecule has 4 aliphatic heterocycles. The third-order valence-electron chi connectivity index (χ3n) is 6.40. The molecular formula is C17H30N4O2. The largest absolute Gasteiger partial charge is 0.378 e. The molecule has 0 bridgehead atoms. The summed E-state index contributed by atoms with van der Waals surface area (Å²) in [7, 11) is 2.22. The van der Waals surface area contributed by atoms with Crippen LogP contribution in [0.1, 0.15) is 19.8 Å². The summed E-state index contributed by atoms with van der Waals surface area (Å²) in [6, 6.07) is 1.13. The lowest BCUT2D eigenvalue weighted by Gasteiger charge is -2.65. The third-order valence-corrected chi connectivity index (χ3v) is 6.40. The van der Waals surface area contributed by atoms with Crippen LogP contribution < -0.4 is 0 Å². The van der Waals surface area contributed by atoms with Gasteiger partial charge in [0, 0.05) is 45.7 Å². The number of piperidine rings is 1. The number of nitrogens with zero attached hydrogens (tertiary/aromatic N) is 4. The lowest BCUT2D eigenvalue weighted by molar-refractivity contribution is -0.181. The minimum absolute atomic E-state index is 0.182. The molecule has 4 heterocycles. The molecule has 4 saturated heterocycles. The van der Waals surface area contributed by atoms with Crippen LogP contribution in [0, 0.1) is 0 Å². The highest BCUT2D eigenvalue weighted by Crippen LogP contribution is 2.38. The van der Waals surface area contributed by atoms with Crippen LogP contribution in [0.4, 0.5) is 0 Å². The molecule has 23 heavy (non-hydrogen) atoms. The summed E-state index contributed by atoms with van der Waals surface area (Å²) in [5.41, 5.74) is 0.182. The number of hydrogen-bond acceptors (Lipinski definition) is 5. The topological polar surface area (TPSA) is 39.3 Å². The number of hydrogen-bond donors (Lipinski definition) is 0. The Morgan fingerprint density at radius 1 is 1.09 bits per heavy atom. The zero-order chi connectivity index (χ0) is 16.0. The fraction of sp³-hybridized carbons (Fsp3) is 0.941. The Balaban J connectivity index is 1.45. The normalized spacial score (nSPS) is 33.5. The first-order valence-electron chi connectivity index (χ1n) is 9.10. The second-order valence-corrected chi connectivity index (χ2v) is 7.99. The molecule has 0 aromatic heterocycles. The van der Waals surface area contributed by atoms with Crippen molar-refractivity contribution < 1.29 is 9.53 Å². The standard InChI is InChI=1S/C17H30N4O2/c1-14(22)19-9-16-10-23-8-7-21(16)17(11-19)12-20(13-17)15-3-5-18(2)6-4-15/h15-16H,3-13H2,1-2H3/t16-/m1/s1. The van der Waals surface area contributed by atoms with Gasteiger partial charge in [0.25, 0.3) is 0 Å². The lowest BCUT2D eigenvalue weighted by atomic mass is 9.80. The van der Waals surface area contributed by atoms with Crippen molar-refractivity contribution in [2.45, 2.75) is 37.4 Å². The van der Waals surface area contributed by atoms with Crippen molar-refractivity contribution in [1.29, 1.82) is 0 Å². The first-order valence-corrected chi connectivity index (χ1v) is 9.10. The molecule has 0 N–H and O–H groups in total. The van der Waals surface area contributed by atoms with E-state index < -0.39 is 0 Å². The molecule has 6 nitrogen and oxygen atoms in total. The van der Waals surface area contributed by atoms with Crippen molar-refractivity contribution in [2.24, 2.45) is 0 Å². The Morgan fingerprint density at radius 3 is 2.52 bits per heavy atom. The molecule has 0 aliphatic carbocycles. The van der Waals surface area contributed by atoms with Gasteiger partial charge in [0.05, 0.1) is 24.8 Å².